The lowest BCUT2D eigenvalue weighted by atomic mass is 10.3. The standard InChI is InChI=1S/C14H22N2O5S/c1-4-21-13-7-5-12(6-8-13)16(22(3,18)19)11-14(17)15-9-10-20-2/h5-8H,4,9-11H2,1-3H3,(H,15,17). The fourth-order valence-corrected chi connectivity index (χ4v) is 2.61. The summed E-state index contributed by atoms with van der Waals surface area (Å²) >= 11 is 0. The van der Waals surface area contributed by atoms with E-state index in [1.165, 1.54) is 7.11 Å². The molecule has 7 nitrogen and oxygen atoms in total. The second-order valence-electron chi connectivity index (χ2n) is 4.54. The van der Waals surface area contributed by atoms with Crippen LogP contribution < -0.4 is 14.4 Å². The average Bonchev–Trinajstić information content (AvgIpc) is 2.45. The lowest BCUT2D eigenvalue weighted by Crippen LogP contribution is -2.41. The highest BCUT2D eigenvalue weighted by Crippen LogP contribution is 2.21. The number of amides is 1. The number of methoxy groups -OCH3 is 1. The highest BCUT2D eigenvalue weighted by molar-refractivity contribution is 7.92. The minimum Gasteiger partial charge on any atom is -0.494 e. The molecule has 0 aliphatic rings. The summed E-state index contributed by atoms with van der Waals surface area (Å²) in [5.41, 5.74) is 0.410. The molecule has 0 radical (unpaired) electrons. The minimum absolute atomic E-state index is 0.281. The molecule has 0 unspecified atom stereocenters. The van der Waals surface area contributed by atoms with Crippen molar-refractivity contribution < 1.29 is 22.7 Å². The molecule has 1 rings (SSSR count). The van der Waals surface area contributed by atoms with E-state index in [0.29, 0.717) is 31.2 Å². The zero-order valence-corrected chi connectivity index (χ0v) is 13.9. The Morgan fingerprint density at radius 1 is 1.27 bits per heavy atom. The van der Waals surface area contributed by atoms with Gasteiger partial charge in [0.1, 0.15) is 12.3 Å². The Morgan fingerprint density at radius 2 is 1.91 bits per heavy atom. The molecule has 0 aliphatic heterocycles. The third kappa shape index (κ3) is 5.90. The number of ether oxygens (including phenoxy) is 2. The van der Waals surface area contributed by atoms with Gasteiger partial charge in [0.15, 0.2) is 0 Å². The Hall–Kier alpha value is -1.80. The van der Waals surface area contributed by atoms with Crippen LogP contribution >= 0.6 is 0 Å². The lowest BCUT2D eigenvalue weighted by molar-refractivity contribution is -0.119. The Kier molecular flexibility index (Phi) is 7.13. The van der Waals surface area contributed by atoms with Crippen molar-refractivity contribution in [1.29, 1.82) is 0 Å². The molecule has 0 fully saturated rings. The van der Waals surface area contributed by atoms with Crippen molar-refractivity contribution in [2.24, 2.45) is 0 Å². The highest BCUT2D eigenvalue weighted by atomic mass is 32.2. The molecule has 0 heterocycles. The van der Waals surface area contributed by atoms with E-state index in [0.717, 1.165) is 10.6 Å². The number of anilines is 1. The molecule has 0 aliphatic carbocycles. The van der Waals surface area contributed by atoms with Crippen molar-refractivity contribution in [3.05, 3.63) is 24.3 Å². The molecule has 0 saturated carbocycles. The summed E-state index contributed by atoms with van der Waals surface area (Å²) in [7, 11) is -2.05. The first kappa shape index (κ1) is 18.2. The molecular weight excluding hydrogens is 308 g/mol. The van der Waals surface area contributed by atoms with E-state index in [9.17, 15) is 13.2 Å². The van der Waals surface area contributed by atoms with E-state index in [-0.39, 0.29) is 6.54 Å². The van der Waals surface area contributed by atoms with Gasteiger partial charge in [0.25, 0.3) is 0 Å². The van der Waals surface area contributed by atoms with Gasteiger partial charge in [0, 0.05) is 13.7 Å². The topological polar surface area (TPSA) is 84.9 Å². The summed E-state index contributed by atoms with van der Waals surface area (Å²) in [6.07, 6.45) is 1.06. The van der Waals surface area contributed by atoms with Gasteiger partial charge >= 0.3 is 0 Å². The van der Waals surface area contributed by atoms with E-state index in [1.54, 1.807) is 24.3 Å². The van der Waals surface area contributed by atoms with Crippen LogP contribution in [0.4, 0.5) is 5.69 Å². The highest BCUT2D eigenvalue weighted by Gasteiger charge is 2.20. The van der Waals surface area contributed by atoms with Crippen molar-refractivity contribution in [3.63, 3.8) is 0 Å². The van der Waals surface area contributed by atoms with Gasteiger partial charge in [-0.3, -0.25) is 9.10 Å². The number of rotatable bonds is 9. The predicted molar refractivity (Wildman–Crippen MR) is 84.7 cm³/mol. The minimum atomic E-state index is -3.57. The normalized spacial score (nSPS) is 11.0. The Bertz CT molecular complexity index is 571. The van der Waals surface area contributed by atoms with Gasteiger partial charge < -0.3 is 14.8 Å². The number of carbonyl (C=O) groups excluding carboxylic acids is 1. The number of benzene rings is 1. The molecule has 22 heavy (non-hydrogen) atoms. The van der Waals surface area contributed by atoms with Gasteiger partial charge in [-0.25, -0.2) is 8.42 Å². The molecule has 1 aromatic rings. The quantitative estimate of drug-likeness (QED) is 0.671. The maximum Gasteiger partial charge on any atom is 0.240 e. The van der Waals surface area contributed by atoms with Crippen LogP contribution in [-0.2, 0) is 19.6 Å². The van der Waals surface area contributed by atoms with Gasteiger partial charge in [-0.05, 0) is 31.2 Å². The van der Waals surface area contributed by atoms with Crippen LogP contribution in [0.3, 0.4) is 0 Å². The Morgan fingerprint density at radius 3 is 2.41 bits per heavy atom. The van der Waals surface area contributed by atoms with Gasteiger partial charge in [-0.2, -0.15) is 0 Å². The number of sulfonamides is 1. The number of hydrogen-bond acceptors (Lipinski definition) is 5. The molecule has 0 aromatic heterocycles. The third-order valence-corrected chi connectivity index (χ3v) is 3.89. The fourth-order valence-electron chi connectivity index (χ4n) is 1.75. The van der Waals surface area contributed by atoms with E-state index in [4.69, 9.17) is 9.47 Å². The summed E-state index contributed by atoms with van der Waals surface area (Å²) in [5.74, 6) is 0.251. The van der Waals surface area contributed by atoms with Gasteiger partial charge in [-0.15, -0.1) is 0 Å². The number of nitrogens with zero attached hydrogens (tertiary/aromatic N) is 1. The first-order chi connectivity index (χ1) is 10.4. The van der Waals surface area contributed by atoms with Gasteiger partial charge in [-0.1, -0.05) is 0 Å². The lowest BCUT2D eigenvalue weighted by Gasteiger charge is -2.22. The molecule has 1 amide bonds. The molecule has 0 spiro atoms. The summed E-state index contributed by atoms with van der Waals surface area (Å²) < 4.78 is 35.0. The molecule has 1 aromatic carbocycles. The van der Waals surface area contributed by atoms with Crippen LogP contribution in [0.2, 0.25) is 0 Å². The zero-order valence-electron chi connectivity index (χ0n) is 13.0. The first-order valence-corrected chi connectivity index (χ1v) is 8.69. The molecule has 8 heteroatoms. The van der Waals surface area contributed by atoms with Crippen LogP contribution in [0, 0.1) is 0 Å². The van der Waals surface area contributed by atoms with Crippen molar-refractivity contribution in [1.82, 2.24) is 5.32 Å². The van der Waals surface area contributed by atoms with E-state index in [1.807, 2.05) is 6.92 Å². The fraction of sp³-hybridized carbons (Fsp3) is 0.500. The molecule has 0 bridgehead atoms. The third-order valence-electron chi connectivity index (χ3n) is 2.75. The molecule has 0 atom stereocenters. The zero-order chi connectivity index (χ0) is 16.6. The Balaban J connectivity index is 2.83. The molecule has 124 valence electrons. The number of carbonyl (C=O) groups is 1. The van der Waals surface area contributed by atoms with E-state index >= 15 is 0 Å². The summed E-state index contributed by atoms with van der Waals surface area (Å²) in [6.45, 7) is 2.80. The SMILES string of the molecule is CCOc1ccc(N(CC(=O)NCCOC)S(C)(=O)=O)cc1. The molecule has 1 N–H and O–H groups in total. The van der Waals surface area contributed by atoms with Crippen LogP contribution in [0.25, 0.3) is 0 Å². The predicted octanol–water partition coefficient (Wildman–Crippen LogP) is 0.614. The monoisotopic (exact) mass is 330 g/mol. The maximum atomic E-state index is 11.9. The van der Waals surface area contributed by atoms with Crippen molar-refractivity contribution in [2.75, 3.05) is 44.0 Å². The average molecular weight is 330 g/mol. The summed E-state index contributed by atoms with van der Waals surface area (Å²) in [4.78, 5) is 11.8. The van der Waals surface area contributed by atoms with Crippen molar-refractivity contribution >= 4 is 21.6 Å². The Labute approximate surface area is 131 Å². The summed E-state index contributed by atoms with van der Waals surface area (Å²) in [6, 6.07) is 6.54. The van der Waals surface area contributed by atoms with Crippen LogP contribution in [0.15, 0.2) is 24.3 Å². The molecular formula is C14H22N2O5S. The number of nitrogens with one attached hydrogen (secondary N) is 1. The largest absolute Gasteiger partial charge is 0.494 e. The van der Waals surface area contributed by atoms with Crippen molar-refractivity contribution in [2.45, 2.75) is 6.92 Å². The second-order valence-corrected chi connectivity index (χ2v) is 6.45. The van der Waals surface area contributed by atoms with Crippen LogP contribution in [-0.4, -0.2) is 54.0 Å². The second kappa shape index (κ2) is 8.60. The molecule has 0 saturated heterocycles. The van der Waals surface area contributed by atoms with Gasteiger partial charge in [0.2, 0.25) is 15.9 Å². The van der Waals surface area contributed by atoms with Crippen LogP contribution in [0.1, 0.15) is 6.92 Å². The maximum absolute atomic E-state index is 11.9. The van der Waals surface area contributed by atoms with E-state index < -0.39 is 15.9 Å². The van der Waals surface area contributed by atoms with Gasteiger partial charge in [0.05, 0.1) is 25.2 Å². The van der Waals surface area contributed by atoms with E-state index in [2.05, 4.69) is 5.32 Å². The number of hydrogen-bond donors (Lipinski definition) is 1. The van der Waals surface area contributed by atoms with Crippen LogP contribution in [0.5, 0.6) is 5.75 Å². The summed E-state index contributed by atoms with van der Waals surface area (Å²) in [5, 5.41) is 2.59. The smallest absolute Gasteiger partial charge is 0.240 e. The van der Waals surface area contributed by atoms with Crippen molar-refractivity contribution in [3.8, 4) is 5.75 Å². The first-order valence-electron chi connectivity index (χ1n) is 6.84.